The minimum atomic E-state index is -0.404. The smallest absolute Gasteiger partial charge is 0.269 e. The average molecular weight is 302 g/mol. The van der Waals surface area contributed by atoms with Crippen LogP contribution in [0.1, 0.15) is 28.9 Å². The van der Waals surface area contributed by atoms with Gasteiger partial charge in [0.05, 0.1) is 17.0 Å². The van der Waals surface area contributed by atoms with Crippen molar-refractivity contribution in [3.63, 3.8) is 0 Å². The summed E-state index contributed by atoms with van der Waals surface area (Å²) < 4.78 is 0. The second-order valence-corrected chi connectivity index (χ2v) is 5.81. The monoisotopic (exact) mass is 302 g/mol. The predicted molar refractivity (Wildman–Crippen MR) is 82.3 cm³/mol. The summed E-state index contributed by atoms with van der Waals surface area (Å²) in [5.74, 6) is 0.406. The van der Waals surface area contributed by atoms with Gasteiger partial charge < -0.3 is 11.1 Å². The topological polar surface area (TPSA) is 93.5 Å². The molecular weight excluding hydrogens is 288 g/mol. The number of guanidine groups is 1. The van der Waals surface area contributed by atoms with Crippen LogP contribution in [0.2, 0.25) is 0 Å². The van der Waals surface area contributed by atoms with Gasteiger partial charge in [0.2, 0.25) is 0 Å². The zero-order chi connectivity index (χ0) is 14.8. The maximum atomic E-state index is 10.7. The summed E-state index contributed by atoms with van der Waals surface area (Å²) >= 11 is 1.67. The molecule has 1 aromatic carbocycles. The highest BCUT2D eigenvalue weighted by Gasteiger charge is 2.25. The van der Waals surface area contributed by atoms with Crippen LogP contribution in [0.15, 0.2) is 46.8 Å². The Balaban J connectivity index is 1.84. The van der Waals surface area contributed by atoms with Gasteiger partial charge in [-0.15, -0.1) is 11.3 Å². The van der Waals surface area contributed by atoms with E-state index in [0.717, 1.165) is 12.0 Å². The van der Waals surface area contributed by atoms with Gasteiger partial charge in [-0.05, 0) is 23.4 Å². The van der Waals surface area contributed by atoms with Gasteiger partial charge >= 0.3 is 0 Å². The van der Waals surface area contributed by atoms with Crippen LogP contribution in [0.5, 0.6) is 0 Å². The fraction of sp³-hybridized carbons (Fsp3) is 0.214. The molecule has 1 aliphatic rings. The van der Waals surface area contributed by atoms with Crippen LogP contribution < -0.4 is 11.1 Å². The fourth-order valence-corrected chi connectivity index (χ4v) is 3.22. The largest absolute Gasteiger partial charge is 0.370 e. The molecule has 2 heterocycles. The Labute approximate surface area is 125 Å². The van der Waals surface area contributed by atoms with Crippen LogP contribution in [-0.2, 0) is 0 Å². The minimum absolute atomic E-state index is 0.0828. The molecule has 0 spiro atoms. The van der Waals surface area contributed by atoms with Gasteiger partial charge in [-0.2, -0.15) is 0 Å². The molecule has 1 aliphatic heterocycles. The van der Waals surface area contributed by atoms with Gasteiger partial charge in [0.15, 0.2) is 5.96 Å². The van der Waals surface area contributed by atoms with Gasteiger partial charge in [0, 0.05) is 17.0 Å². The molecule has 3 rings (SSSR count). The Morgan fingerprint density at radius 1 is 1.33 bits per heavy atom. The highest BCUT2D eigenvalue weighted by atomic mass is 32.1. The van der Waals surface area contributed by atoms with Crippen LogP contribution in [0, 0.1) is 10.1 Å². The summed E-state index contributed by atoms with van der Waals surface area (Å²) in [7, 11) is 0. The van der Waals surface area contributed by atoms with Crippen molar-refractivity contribution in [2.24, 2.45) is 10.7 Å². The van der Waals surface area contributed by atoms with Crippen molar-refractivity contribution in [3.8, 4) is 0 Å². The molecule has 0 bridgehead atoms. The molecule has 0 fully saturated rings. The third kappa shape index (κ3) is 2.87. The zero-order valence-corrected chi connectivity index (χ0v) is 11.9. The van der Waals surface area contributed by atoms with E-state index in [4.69, 9.17) is 5.73 Å². The number of nitro benzene ring substituents is 1. The lowest BCUT2D eigenvalue weighted by molar-refractivity contribution is -0.384. The van der Waals surface area contributed by atoms with Crippen molar-refractivity contribution in [2.45, 2.75) is 18.5 Å². The van der Waals surface area contributed by atoms with Crippen molar-refractivity contribution < 1.29 is 4.92 Å². The summed E-state index contributed by atoms with van der Waals surface area (Å²) in [6.07, 6.45) is 0.777. The molecule has 1 aromatic heterocycles. The Kier molecular flexibility index (Phi) is 3.57. The van der Waals surface area contributed by atoms with Crippen molar-refractivity contribution >= 4 is 23.0 Å². The van der Waals surface area contributed by atoms with Crippen molar-refractivity contribution in [3.05, 3.63) is 62.3 Å². The first kappa shape index (κ1) is 13.6. The number of non-ortho nitro benzene ring substituents is 1. The Hall–Kier alpha value is -2.41. The van der Waals surface area contributed by atoms with E-state index in [1.807, 2.05) is 11.4 Å². The highest BCUT2D eigenvalue weighted by molar-refractivity contribution is 7.10. The number of nitrogens with one attached hydrogen (secondary N) is 1. The summed E-state index contributed by atoms with van der Waals surface area (Å²) in [6, 6.07) is 10.6. The number of rotatable bonds is 3. The fourth-order valence-electron chi connectivity index (χ4n) is 2.42. The van der Waals surface area contributed by atoms with Gasteiger partial charge in [-0.1, -0.05) is 18.2 Å². The van der Waals surface area contributed by atoms with E-state index < -0.39 is 4.92 Å². The molecule has 0 amide bonds. The average Bonchev–Trinajstić information content (AvgIpc) is 3.01. The normalized spacial score (nSPS) is 21.4. The molecule has 108 valence electrons. The molecule has 2 aromatic rings. The molecule has 3 N–H and O–H groups in total. The quantitative estimate of drug-likeness (QED) is 0.673. The Morgan fingerprint density at radius 3 is 2.71 bits per heavy atom. The molecule has 0 aliphatic carbocycles. The maximum Gasteiger partial charge on any atom is 0.269 e. The molecule has 0 radical (unpaired) electrons. The third-order valence-electron chi connectivity index (χ3n) is 3.45. The lowest BCUT2D eigenvalue weighted by Gasteiger charge is -2.27. The second kappa shape index (κ2) is 5.53. The van der Waals surface area contributed by atoms with E-state index in [1.165, 1.54) is 17.0 Å². The van der Waals surface area contributed by atoms with E-state index in [-0.39, 0.29) is 17.8 Å². The third-order valence-corrected chi connectivity index (χ3v) is 4.44. The number of benzene rings is 1. The highest BCUT2D eigenvalue weighted by Crippen LogP contribution is 2.34. The van der Waals surface area contributed by atoms with Crippen LogP contribution in [0.25, 0.3) is 0 Å². The SMILES string of the molecule is NC1=NC(c2ccc([N+](=O)[O-])cc2)CC(c2cccs2)N1. The first-order valence-electron chi connectivity index (χ1n) is 6.51. The van der Waals surface area contributed by atoms with E-state index >= 15 is 0 Å². The number of aliphatic imine (C=N–C) groups is 1. The van der Waals surface area contributed by atoms with E-state index in [0.29, 0.717) is 5.96 Å². The number of nitro groups is 1. The lowest BCUT2D eigenvalue weighted by Crippen LogP contribution is -2.39. The molecule has 0 saturated carbocycles. The molecule has 7 heteroatoms. The predicted octanol–water partition coefficient (Wildman–Crippen LogP) is 2.75. The van der Waals surface area contributed by atoms with Crippen LogP contribution in [0.3, 0.4) is 0 Å². The molecular formula is C14H14N4O2S. The van der Waals surface area contributed by atoms with Gasteiger partial charge in [0.25, 0.3) is 5.69 Å². The van der Waals surface area contributed by atoms with Crippen molar-refractivity contribution in [1.82, 2.24) is 5.32 Å². The number of nitrogens with zero attached hydrogens (tertiary/aromatic N) is 2. The van der Waals surface area contributed by atoms with Gasteiger partial charge in [-0.3, -0.25) is 10.1 Å². The first-order valence-corrected chi connectivity index (χ1v) is 7.39. The summed E-state index contributed by atoms with van der Waals surface area (Å²) in [5.41, 5.74) is 6.89. The van der Waals surface area contributed by atoms with Gasteiger partial charge in [0.1, 0.15) is 0 Å². The summed E-state index contributed by atoms with van der Waals surface area (Å²) in [5, 5.41) is 15.9. The molecule has 2 unspecified atom stereocenters. The number of hydrogen-bond acceptors (Lipinski definition) is 6. The van der Waals surface area contributed by atoms with Crippen molar-refractivity contribution in [1.29, 1.82) is 0 Å². The van der Waals surface area contributed by atoms with E-state index in [9.17, 15) is 10.1 Å². The van der Waals surface area contributed by atoms with Crippen LogP contribution >= 0.6 is 11.3 Å². The van der Waals surface area contributed by atoms with Crippen LogP contribution in [0.4, 0.5) is 5.69 Å². The van der Waals surface area contributed by atoms with Crippen molar-refractivity contribution in [2.75, 3.05) is 0 Å². The van der Waals surface area contributed by atoms with E-state index in [1.54, 1.807) is 23.5 Å². The molecule has 21 heavy (non-hydrogen) atoms. The molecule has 6 nitrogen and oxygen atoms in total. The molecule has 2 atom stereocenters. The number of nitrogens with two attached hydrogens (primary N) is 1. The Morgan fingerprint density at radius 2 is 2.10 bits per heavy atom. The van der Waals surface area contributed by atoms with Crippen LogP contribution in [-0.4, -0.2) is 10.9 Å². The second-order valence-electron chi connectivity index (χ2n) is 4.83. The minimum Gasteiger partial charge on any atom is -0.370 e. The summed E-state index contributed by atoms with van der Waals surface area (Å²) in [6.45, 7) is 0. The number of thiophene rings is 1. The standard InChI is InChI=1S/C14H14N4O2S/c15-14-16-11(8-12(17-14)13-2-1-7-21-13)9-3-5-10(6-4-9)18(19)20/h1-7,11-12H,8H2,(H3,15,16,17). The van der Waals surface area contributed by atoms with E-state index in [2.05, 4.69) is 16.4 Å². The maximum absolute atomic E-state index is 10.7. The summed E-state index contributed by atoms with van der Waals surface area (Å²) in [4.78, 5) is 15.9. The Bertz CT molecular complexity index is 667. The van der Waals surface area contributed by atoms with Gasteiger partial charge in [-0.25, -0.2) is 4.99 Å². The zero-order valence-electron chi connectivity index (χ0n) is 11.1. The first-order chi connectivity index (χ1) is 10.1. The number of hydrogen-bond donors (Lipinski definition) is 2. The lowest BCUT2D eigenvalue weighted by atomic mass is 9.97. The molecule has 0 saturated heterocycles.